The lowest BCUT2D eigenvalue weighted by atomic mass is 10.1. The number of piperazine rings is 1. The van der Waals surface area contributed by atoms with E-state index in [1.54, 1.807) is 7.05 Å². The third-order valence-electron chi connectivity index (χ3n) is 4.61. The van der Waals surface area contributed by atoms with E-state index < -0.39 is 0 Å². The Bertz CT molecular complexity index is 519. The Kier molecular flexibility index (Phi) is 8.21. The Morgan fingerprint density at radius 1 is 1.24 bits per heavy atom. The number of nitrogens with one attached hydrogen (secondary N) is 2. The zero-order valence-corrected chi connectivity index (χ0v) is 16.2. The smallest absolute Gasteiger partial charge is 0.191 e. The molecule has 0 spiro atoms. The van der Waals surface area contributed by atoms with Crippen LogP contribution in [0.5, 0.6) is 0 Å². The quantitative estimate of drug-likeness (QED) is 0.421. The van der Waals surface area contributed by atoms with E-state index in [4.69, 9.17) is 4.52 Å². The van der Waals surface area contributed by atoms with E-state index in [-0.39, 0.29) is 0 Å². The van der Waals surface area contributed by atoms with Crippen molar-refractivity contribution in [2.45, 2.75) is 39.2 Å². The maximum atomic E-state index is 5.33. The van der Waals surface area contributed by atoms with Crippen LogP contribution in [0.15, 0.2) is 15.6 Å². The number of aromatic nitrogens is 1. The number of likely N-dealkylation sites (N-methyl/N-ethyl adjacent to an activating group) is 1. The number of hydrogen-bond donors (Lipinski definition) is 2. The molecule has 142 valence electrons. The van der Waals surface area contributed by atoms with Crippen molar-refractivity contribution in [3.8, 4) is 0 Å². The molecule has 1 aliphatic rings. The summed E-state index contributed by atoms with van der Waals surface area (Å²) in [7, 11) is 3.99. The van der Waals surface area contributed by atoms with Crippen molar-refractivity contribution in [3.63, 3.8) is 0 Å². The highest BCUT2D eigenvalue weighted by atomic mass is 16.5. The van der Waals surface area contributed by atoms with Gasteiger partial charge in [-0.25, -0.2) is 0 Å². The molecule has 0 aliphatic carbocycles. The lowest BCUT2D eigenvalue weighted by molar-refractivity contribution is 0.152. The minimum absolute atomic E-state index is 0.384. The summed E-state index contributed by atoms with van der Waals surface area (Å²) >= 11 is 0. The summed E-state index contributed by atoms with van der Waals surface area (Å²) in [6.07, 6.45) is 2.36. The Morgan fingerprint density at radius 2 is 2.00 bits per heavy atom. The van der Waals surface area contributed by atoms with Gasteiger partial charge in [0.1, 0.15) is 0 Å². The number of unbranched alkanes of at least 4 members (excludes halogenated alkanes) is 1. The Labute approximate surface area is 151 Å². The molecular formula is C18H34N6O. The van der Waals surface area contributed by atoms with Gasteiger partial charge in [0.05, 0.1) is 12.2 Å². The van der Waals surface area contributed by atoms with Gasteiger partial charge in [-0.15, -0.1) is 0 Å². The zero-order valence-electron chi connectivity index (χ0n) is 16.2. The molecule has 1 aromatic rings. The molecule has 1 saturated heterocycles. The van der Waals surface area contributed by atoms with Crippen LogP contribution in [-0.4, -0.2) is 74.3 Å². The number of guanidine groups is 1. The van der Waals surface area contributed by atoms with Crippen LogP contribution in [0.25, 0.3) is 0 Å². The van der Waals surface area contributed by atoms with Gasteiger partial charge in [-0.1, -0.05) is 19.0 Å². The second-order valence-corrected chi connectivity index (χ2v) is 7.08. The molecule has 1 aromatic heterocycles. The summed E-state index contributed by atoms with van der Waals surface area (Å²) in [4.78, 5) is 9.21. The lowest BCUT2D eigenvalue weighted by Crippen LogP contribution is -2.44. The fourth-order valence-electron chi connectivity index (χ4n) is 2.81. The van der Waals surface area contributed by atoms with Gasteiger partial charge in [0.2, 0.25) is 0 Å². The molecule has 0 bridgehead atoms. The maximum Gasteiger partial charge on any atom is 0.191 e. The molecule has 1 fully saturated rings. The highest BCUT2D eigenvalue weighted by Crippen LogP contribution is 2.13. The van der Waals surface area contributed by atoms with Crippen LogP contribution in [0.1, 0.15) is 44.1 Å². The molecule has 2 heterocycles. The van der Waals surface area contributed by atoms with E-state index in [0.29, 0.717) is 12.5 Å². The molecule has 25 heavy (non-hydrogen) atoms. The third-order valence-corrected chi connectivity index (χ3v) is 4.61. The minimum Gasteiger partial charge on any atom is -0.359 e. The maximum absolute atomic E-state index is 5.33. The fraction of sp³-hybridized carbons (Fsp3) is 0.778. The van der Waals surface area contributed by atoms with Gasteiger partial charge < -0.3 is 25.0 Å². The molecule has 0 atom stereocenters. The molecule has 2 N–H and O–H groups in total. The predicted octanol–water partition coefficient (Wildman–Crippen LogP) is 1.49. The van der Waals surface area contributed by atoms with Crippen LogP contribution >= 0.6 is 0 Å². The van der Waals surface area contributed by atoms with Crippen LogP contribution in [0, 0.1) is 0 Å². The minimum atomic E-state index is 0.384. The van der Waals surface area contributed by atoms with Crippen LogP contribution in [-0.2, 0) is 6.54 Å². The molecule has 0 radical (unpaired) electrons. The number of aliphatic imine (C=N–C) groups is 1. The van der Waals surface area contributed by atoms with Crippen LogP contribution < -0.4 is 10.6 Å². The first-order chi connectivity index (χ1) is 12.1. The average Bonchev–Trinajstić information content (AvgIpc) is 3.08. The lowest BCUT2D eigenvalue weighted by Gasteiger charge is -2.32. The molecule has 0 unspecified atom stereocenters. The predicted molar refractivity (Wildman–Crippen MR) is 102 cm³/mol. The number of hydrogen-bond acceptors (Lipinski definition) is 5. The van der Waals surface area contributed by atoms with Gasteiger partial charge in [-0.05, 0) is 32.4 Å². The Morgan fingerprint density at radius 3 is 2.64 bits per heavy atom. The van der Waals surface area contributed by atoms with Crippen molar-refractivity contribution >= 4 is 5.96 Å². The molecule has 1 aliphatic heterocycles. The SMILES string of the molecule is CN=C(NCCCCN1CCN(C)CC1)NCc1cc(C(C)C)no1. The second kappa shape index (κ2) is 10.4. The van der Waals surface area contributed by atoms with Gasteiger partial charge in [0.15, 0.2) is 11.7 Å². The van der Waals surface area contributed by atoms with Gasteiger partial charge >= 0.3 is 0 Å². The highest BCUT2D eigenvalue weighted by Gasteiger charge is 2.12. The van der Waals surface area contributed by atoms with Crippen molar-refractivity contribution in [3.05, 3.63) is 17.5 Å². The van der Waals surface area contributed by atoms with Crippen LogP contribution in [0.3, 0.4) is 0 Å². The summed E-state index contributed by atoms with van der Waals surface area (Å²) in [5.74, 6) is 2.03. The summed E-state index contributed by atoms with van der Waals surface area (Å²) in [6.45, 7) is 11.7. The second-order valence-electron chi connectivity index (χ2n) is 7.08. The average molecular weight is 351 g/mol. The van der Waals surface area contributed by atoms with Gasteiger partial charge in [0.25, 0.3) is 0 Å². The first kappa shape index (κ1) is 19.7. The first-order valence-electron chi connectivity index (χ1n) is 9.39. The monoisotopic (exact) mass is 350 g/mol. The van der Waals surface area contributed by atoms with E-state index in [2.05, 4.69) is 51.5 Å². The number of nitrogens with zero attached hydrogens (tertiary/aromatic N) is 4. The summed E-state index contributed by atoms with van der Waals surface area (Å²) in [5, 5.41) is 10.7. The van der Waals surface area contributed by atoms with Crippen molar-refractivity contribution in [2.24, 2.45) is 4.99 Å². The van der Waals surface area contributed by atoms with E-state index >= 15 is 0 Å². The summed E-state index contributed by atoms with van der Waals surface area (Å²) in [5.41, 5.74) is 0.989. The van der Waals surface area contributed by atoms with Gasteiger partial charge in [0, 0.05) is 45.8 Å². The van der Waals surface area contributed by atoms with Crippen LogP contribution in [0.2, 0.25) is 0 Å². The van der Waals surface area contributed by atoms with E-state index in [0.717, 1.165) is 30.4 Å². The van der Waals surface area contributed by atoms with Crippen molar-refractivity contribution < 1.29 is 4.52 Å². The van der Waals surface area contributed by atoms with Crippen molar-refractivity contribution in [1.82, 2.24) is 25.6 Å². The summed E-state index contributed by atoms with van der Waals surface area (Å²) in [6, 6.07) is 2.00. The van der Waals surface area contributed by atoms with E-state index in [1.807, 2.05) is 6.07 Å². The van der Waals surface area contributed by atoms with E-state index in [9.17, 15) is 0 Å². The molecule has 0 aromatic carbocycles. The fourth-order valence-corrected chi connectivity index (χ4v) is 2.81. The van der Waals surface area contributed by atoms with Gasteiger partial charge in [-0.2, -0.15) is 0 Å². The molecule has 2 rings (SSSR count). The Balaban J connectivity index is 1.57. The molecular weight excluding hydrogens is 316 g/mol. The molecule has 0 saturated carbocycles. The Hall–Kier alpha value is -1.60. The topological polar surface area (TPSA) is 68.9 Å². The standard InChI is InChI=1S/C18H34N6O/c1-15(2)17-13-16(25-22-17)14-21-18(19-3)20-7-5-6-8-24-11-9-23(4)10-12-24/h13,15H,5-12,14H2,1-4H3,(H2,19,20,21). The largest absolute Gasteiger partial charge is 0.359 e. The highest BCUT2D eigenvalue weighted by molar-refractivity contribution is 5.79. The molecule has 7 heteroatoms. The molecule has 7 nitrogen and oxygen atoms in total. The molecule has 0 amide bonds. The number of rotatable bonds is 8. The van der Waals surface area contributed by atoms with Crippen LogP contribution in [0.4, 0.5) is 0 Å². The van der Waals surface area contributed by atoms with Gasteiger partial charge in [-0.3, -0.25) is 4.99 Å². The van der Waals surface area contributed by atoms with E-state index in [1.165, 1.54) is 39.1 Å². The first-order valence-corrected chi connectivity index (χ1v) is 9.39. The summed E-state index contributed by atoms with van der Waals surface area (Å²) < 4.78 is 5.33. The van der Waals surface area contributed by atoms with Crippen molar-refractivity contribution in [2.75, 3.05) is 53.4 Å². The van der Waals surface area contributed by atoms with Crippen molar-refractivity contribution in [1.29, 1.82) is 0 Å². The third kappa shape index (κ3) is 7.04. The zero-order chi connectivity index (χ0) is 18.1. The normalized spacial score (nSPS) is 17.2.